The van der Waals surface area contributed by atoms with Crippen molar-refractivity contribution in [3.05, 3.63) is 59.9 Å². The van der Waals surface area contributed by atoms with Gasteiger partial charge in [0.1, 0.15) is 22.8 Å². The van der Waals surface area contributed by atoms with E-state index in [4.69, 9.17) is 9.47 Å². The van der Waals surface area contributed by atoms with Crippen LogP contribution in [0.2, 0.25) is 0 Å². The third kappa shape index (κ3) is 5.15. The molecule has 0 aliphatic heterocycles. The Hall–Kier alpha value is -3.40. The van der Waals surface area contributed by atoms with Crippen LogP contribution in [-0.4, -0.2) is 40.9 Å². The zero-order valence-electron chi connectivity index (χ0n) is 16.2. The topological polar surface area (TPSA) is 78.3 Å². The number of methoxy groups -OCH3 is 1. The predicted octanol–water partition coefficient (Wildman–Crippen LogP) is 3.67. The Morgan fingerprint density at radius 1 is 1.13 bits per heavy atom. The van der Waals surface area contributed by atoms with E-state index in [0.29, 0.717) is 18.8 Å². The summed E-state index contributed by atoms with van der Waals surface area (Å²) in [5, 5.41) is 6.95. The molecule has 0 saturated heterocycles. The maximum atomic E-state index is 12.8. The molecule has 0 atom stereocenters. The van der Waals surface area contributed by atoms with Gasteiger partial charge in [0, 0.05) is 26.9 Å². The van der Waals surface area contributed by atoms with Crippen molar-refractivity contribution in [2.24, 2.45) is 7.05 Å². The summed E-state index contributed by atoms with van der Waals surface area (Å²) >= 11 is 0. The molecule has 0 unspecified atom stereocenters. The molecule has 3 aromatic rings. The highest BCUT2D eigenvalue weighted by molar-refractivity contribution is 5.93. The van der Waals surface area contributed by atoms with Gasteiger partial charge in [0.15, 0.2) is 5.75 Å². The average molecular weight is 420 g/mol. The zero-order valence-corrected chi connectivity index (χ0v) is 16.2. The number of carbonyl (C=O) groups is 1. The first-order valence-electron chi connectivity index (χ1n) is 8.91. The fourth-order valence-corrected chi connectivity index (χ4v) is 2.58. The molecule has 3 rings (SSSR count). The number of rotatable bonds is 7. The molecule has 0 aliphatic carbocycles. The summed E-state index contributed by atoms with van der Waals surface area (Å²) in [5.41, 5.74) is 0.105. The van der Waals surface area contributed by atoms with E-state index >= 15 is 0 Å². The van der Waals surface area contributed by atoms with Gasteiger partial charge in [0.2, 0.25) is 0 Å². The van der Waals surface area contributed by atoms with Crippen molar-refractivity contribution < 1.29 is 27.4 Å². The number of carbonyl (C=O) groups excluding carboxylic acids is 1. The molecule has 1 amide bonds. The third-order valence-electron chi connectivity index (χ3n) is 4.05. The average Bonchev–Trinajstić information content (AvgIpc) is 3.14. The van der Waals surface area contributed by atoms with Gasteiger partial charge in [-0.1, -0.05) is 0 Å². The van der Waals surface area contributed by atoms with Crippen molar-refractivity contribution in [3.63, 3.8) is 0 Å². The number of hydrogen-bond acceptors (Lipinski definition) is 5. The Morgan fingerprint density at radius 3 is 2.47 bits per heavy atom. The number of aryl methyl sites for hydroxylation is 1. The number of nitrogens with one attached hydrogen (secondary N) is 1. The van der Waals surface area contributed by atoms with Crippen molar-refractivity contribution in [2.75, 3.05) is 20.3 Å². The Balaban J connectivity index is 1.90. The number of amides is 1. The number of nitrogens with zero attached hydrogens (tertiary/aromatic N) is 3. The van der Waals surface area contributed by atoms with E-state index in [1.165, 1.54) is 31.4 Å². The molecule has 2 aromatic heterocycles. The normalized spacial score (nSPS) is 11.4. The van der Waals surface area contributed by atoms with E-state index in [0.717, 1.165) is 12.1 Å². The zero-order chi connectivity index (χ0) is 21.7. The number of pyridine rings is 1. The second kappa shape index (κ2) is 8.95. The lowest BCUT2D eigenvalue weighted by molar-refractivity contribution is -0.137. The van der Waals surface area contributed by atoms with E-state index in [1.807, 2.05) is 0 Å². The van der Waals surface area contributed by atoms with Crippen LogP contribution in [0.25, 0.3) is 11.4 Å². The minimum absolute atomic E-state index is 0.145. The van der Waals surface area contributed by atoms with Crippen molar-refractivity contribution >= 4 is 5.91 Å². The van der Waals surface area contributed by atoms with E-state index in [9.17, 15) is 18.0 Å². The second-order valence-corrected chi connectivity index (χ2v) is 6.29. The van der Waals surface area contributed by atoms with Crippen molar-refractivity contribution in [1.29, 1.82) is 0 Å². The maximum absolute atomic E-state index is 12.8. The molecular weight excluding hydrogens is 401 g/mol. The quantitative estimate of drug-likeness (QED) is 0.590. The Morgan fingerprint density at radius 2 is 1.87 bits per heavy atom. The van der Waals surface area contributed by atoms with Crippen LogP contribution in [0.4, 0.5) is 13.2 Å². The largest absolute Gasteiger partial charge is 0.455 e. The van der Waals surface area contributed by atoms with Crippen molar-refractivity contribution in [3.8, 4) is 22.9 Å². The first kappa shape index (κ1) is 21.3. The van der Waals surface area contributed by atoms with Gasteiger partial charge in [-0.2, -0.15) is 18.3 Å². The first-order valence-corrected chi connectivity index (χ1v) is 8.91. The van der Waals surface area contributed by atoms with Gasteiger partial charge in [-0.25, -0.2) is 4.98 Å². The summed E-state index contributed by atoms with van der Waals surface area (Å²) in [6.45, 7) is 0.674. The van der Waals surface area contributed by atoms with Crippen molar-refractivity contribution in [2.45, 2.75) is 6.18 Å². The lowest BCUT2D eigenvalue weighted by Gasteiger charge is -2.12. The molecule has 0 spiro atoms. The molecule has 30 heavy (non-hydrogen) atoms. The first-order chi connectivity index (χ1) is 14.3. The highest BCUT2D eigenvalue weighted by Crippen LogP contribution is 2.34. The lowest BCUT2D eigenvalue weighted by atomic mass is 10.2. The highest BCUT2D eigenvalue weighted by atomic mass is 19.4. The van der Waals surface area contributed by atoms with E-state index in [2.05, 4.69) is 15.4 Å². The van der Waals surface area contributed by atoms with Crippen LogP contribution in [0.1, 0.15) is 16.1 Å². The smallest absolute Gasteiger partial charge is 0.416 e. The number of aromatic nitrogens is 3. The summed E-state index contributed by atoms with van der Waals surface area (Å²) < 4.78 is 50.5. The van der Waals surface area contributed by atoms with E-state index < -0.39 is 17.6 Å². The highest BCUT2D eigenvalue weighted by Gasteiger charge is 2.30. The maximum Gasteiger partial charge on any atom is 0.416 e. The predicted molar refractivity (Wildman–Crippen MR) is 102 cm³/mol. The summed E-state index contributed by atoms with van der Waals surface area (Å²) in [7, 11) is 3.25. The van der Waals surface area contributed by atoms with Gasteiger partial charge in [-0.3, -0.25) is 9.48 Å². The molecule has 0 aliphatic rings. The van der Waals surface area contributed by atoms with Crippen LogP contribution >= 0.6 is 0 Å². The Labute approximate surface area is 170 Å². The van der Waals surface area contributed by atoms with Gasteiger partial charge in [0.05, 0.1) is 12.2 Å². The van der Waals surface area contributed by atoms with E-state index in [-0.39, 0.29) is 22.9 Å². The Bertz CT molecular complexity index is 1020. The fourth-order valence-electron chi connectivity index (χ4n) is 2.58. The Kier molecular flexibility index (Phi) is 6.36. The van der Waals surface area contributed by atoms with Crippen molar-refractivity contribution in [1.82, 2.24) is 20.1 Å². The number of hydrogen-bond donors (Lipinski definition) is 1. The molecule has 2 heterocycles. The third-order valence-corrected chi connectivity index (χ3v) is 4.05. The van der Waals surface area contributed by atoms with Gasteiger partial charge < -0.3 is 14.8 Å². The fraction of sp³-hybridized carbons (Fsp3) is 0.250. The second-order valence-electron chi connectivity index (χ2n) is 6.29. The molecule has 0 bridgehead atoms. The standard InChI is InChI=1S/C20H19F3N4O3/c1-27-11-9-15(26-27)18-17(8-7-16(25-18)19(28)24-10-12-29-2)30-14-5-3-13(4-6-14)20(21,22)23/h3-9,11H,10,12H2,1-2H3,(H,24,28). The molecule has 10 heteroatoms. The minimum atomic E-state index is -4.43. The number of halogens is 3. The summed E-state index contributed by atoms with van der Waals surface area (Å²) in [5.74, 6) is 0.0477. The van der Waals surface area contributed by atoms with Crippen LogP contribution in [0.5, 0.6) is 11.5 Å². The van der Waals surface area contributed by atoms with Gasteiger partial charge in [0.25, 0.3) is 5.91 Å². The molecule has 0 radical (unpaired) electrons. The monoisotopic (exact) mass is 420 g/mol. The van der Waals surface area contributed by atoms with Crippen LogP contribution in [0, 0.1) is 0 Å². The molecular formula is C20H19F3N4O3. The summed E-state index contributed by atoms with van der Waals surface area (Å²) in [6.07, 6.45) is -2.73. The molecule has 7 nitrogen and oxygen atoms in total. The summed E-state index contributed by atoms with van der Waals surface area (Å²) in [6, 6.07) is 8.98. The van der Waals surface area contributed by atoms with Crippen LogP contribution in [0.3, 0.4) is 0 Å². The number of alkyl halides is 3. The molecule has 0 fully saturated rings. The van der Waals surface area contributed by atoms with Gasteiger partial charge in [-0.15, -0.1) is 0 Å². The molecule has 1 N–H and O–H groups in total. The van der Waals surface area contributed by atoms with Crippen LogP contribution in [-0.2, 0) is 18.0 Å². The van der Waals surface area contributed by atoms with E-state index in [1.54, 1.807) is 24.0 Å². The van der Waals surface area contributed by atoms with Gasteiger partial charge in [-0.05, 0) is 42.5 Å². The molecule has 1 aromatic carbocycles. The minimum Gasteiger partial charge on any atom is -0.455 e. The number of benzene rings is 1. The lowest BCUT2D eigenvalue weighted by Crippen LogP contribution is -2.27. The SMILES string of the molecule is COCCNC(=O)c1ccc(Oc2ccc(C(F)(F)F)cc2)c(-c2ccn(C)n2)n1. The number of ether oxygens (including phenoxy) is 2. The summed E-state index contributed by atoms with van der Waals surface area (Å²) in [4.78, 5) is 16.7. The van der Waals surface area contributed by atoms with Gasteiger partial charge >= 0.3 is 6.18 Å². The molecule has 0 saturated carbocycles. The van der Waals surface area contributed by atoms with Crippen LogP contribution in [0.15, 0.2) is 48.7 Å². The molecule has 158 valence electrons. The van der Waals surface area contributed by atoms with Crippen LogP contribution < -0.4 is 10.1 Å².